The zero-order chi connectivity index (χ0) is 19.1. The van der Waals surface area contributed by atoms with Gasteiger partial charge in [-0.1, -0.05) is 78.9 Å². The zero-order valence-corrected chi connectivity index (χ0v) is 15.4. The summed E-state index contributed by atoms with van der Waals surface area (Å²) in [6.07, 6.45) is 0. The molecule has 0 amide bonds. The van der Waals surface area contributed by atoms with Gasteiger partial charge in [0.05, 0.1) is 0 Å². The molecule has 1 aliphatic heterocycles. The summed E-state index contributed by atoms with van der Waals surface area (Å²) in [5, 5.41) is 0. The van der Waals surface area contributed by atoms with Crippen LogP contribution in [0.3, 0.4) is 0 Å². The summed E-state index contributed by atoms with van der Waals surface area (Å²) in [7, 11) is 0. The van der Waals surface area contributed by atoms with E-state index in [2.05, 4.69) is 0 Å². The lowest BCUT2D eigenvalue weighted by molar-refractivity contribution is 0.0883. The van der Waals surface area contributed by atoms with Crippen molar-refractivity contribution in [2.24, 2.45) is 0 Å². The van der Waals surface area contributed by atoms with Crippen LogP contribution < -0.4 is 4.90 Å². The van der Waals surface area contributed by atoms with Crippen molar-refractivity contribution in [3.8, 4) is 0 Å². The highest BCUT2D eigenvalue weighted by Gasteiger charge is 2.77. The molecule has 27 heavy (non-hydrogen) atoms. The Morgan fingerprint density at radius 1 is 0.593 bits per heavy atom. The molecule has 0 aromatic heterocycles. The Bertz CT molecular complexity index is 921. The van der Waals surface area contributed by atoms with Gasteiger partial charge >= 0.3 is 0 Å². The number of anilines is 1. The molecule has 134 valence electrons. The standard InChI is InChI=1S/C24H21NO2/c1-23(21(26)18-12-6-3-7-13-18)24(2,22(27)19-14-8-4-9-15-19)25(23)20-16-10-5-11-17-20/h3-17H,1-2H3/t23-,24+,25?. The molecule has 3 heteroatoms. The summed E-state index contributed by atoms with van der Waals surface area (Å²) in [5.74, 6) is -0.0857. The van der Waals surface area contributed by atoms with E-state index in [0.717, 1.165) is 5.69 Å². The number of carbonyl (C=O) groups excluding carboxylic acids is 2. The molecule has 0 bridgehead atoms. The minimum atomic E-state index is -0.942. The van der Waals surface area contributed by atoms with Gasteiger partial charge in [0, 0.05) is 16.8 Å². The Hall–Kier alpha value is -3.20. The van der Waals surface area contributed by atoms with E-state index in [-0.39, 0.29) is 11.6 Å². The number of carbonyl (C=O) groups is 2. The van der Waals surface area contributed by atoms with Gasteiger partial charge < -0.3 is 4.90 Å². The van der Waals surface area contributed by atoms with Crippen LogP contribution in [0, 0.1) is 0 Å². The molecule has 0 unspecified atom stereocenters. The molecule has 1 saturated heterocycles. The fourth-order valence-electron chi connectivity index (χ4n) is 4.09. The number of para-hydroxylation sites is 1. The molecule has 0 N–H and O–H groups in total. The molecule has 3 aromatic rings. The van der Waals surface area contributed by atoms with Crippen LogP contribution in [0.2, 0.25) is 0 Å². The maximum atomic E-state index is 13.5. The Morgan fingerprint density at radius 3 is 1.30 bits per heavy atom. The van der Waals surface area contributed by atoms with Crippen molar-refractivity contribution in [1.82, 2.24) is 0 Å². The van der Waals surface area contributed by atoms with E-state index in [1.807, 2.05) is 110 Å². The van der Waals surface area contributed by atoms with Gasteiger partial charge in [0.1, 0.15) is 11.1 Å². The molecular weight excluding hydrogens is 334 g/mol. The van der Waals surface area contributed by atoms with Crippen LogP contribution in [0.1, 0.15) is 34.6 Å². The third-order valence-corrected chi connectivity index (χ3v) is 5.76. The molecule has 3 aromatic carbocycles. The average Bonchev–Trinajstić information content (AvgIpc) is 3.26. The lowest BCUT2D eigenvalue weighted by Gasteiger charge is -2.12. The van der Waals surface area contributed by atoms with Crippen molar-refractivity contribution in [1.29, 1.82) is 0 Å². The number of hydrogen-bond donors (Lipinski definition) is 0. The summed E-state index contributed by atoms with van der Waals surface area (Å²) in [4.78, 5) is 28.9. The van der Waals surface area contributed by atoms with Crippen LogP contribution in [-0.2, 0) is 0 Å². The molecule has 1 aliphatic rings. The van der Waals surface area contributed by atoms with Crippen LogP contribution in [0.15, 0.2) is 91.0 Å². The first-order valence-electron chi connectivity index (χ1n) is 9.06. The number of nitrogens with zero attached hydrogens (tertiary/aromatic N) is 1. The smallest absolute Gasteiger partial charge is 0.191 e. The van der Waals surface area contributed by atoms with E-state index in [9.17, 15) is 9.59 Å². The summed E-state index contributed by atoms with van der Waals surface area (Å²) in [6, 6.07) is 28.1. The summed E-state index contributed by atoms with van der Waals surface area (Å²) >= 11 is 0. The zero-order valence-electron chi connectivity index (χ0n) is 15.4. The van der Waals surface area contributed by atoms with Crippen LogP contribution in [-0.4, -0.2) is 22.6 Å². The quantitative estimate of drug-likeness (QED) is 0.488. The van der Waals surface area contributed by atoms with Gasteiger partial charge in [-0.05, 0) is 26.0 Å². The lowest BCUT2D eigenvalue weighted by Crippen LogP contribution is -2.35. The first-order valence-corrected chi connectivity index (χ1v) is 9.06. The van der Waals surface area contributed by atoms with Crippen LogP contribution in [0.25, 0.3) is 0 Å². The Balaban J connectivity index is 1.83. The normalized spacial score (nSPS) is 23.7. The van der Waals surface area contributed by atoms with Crippen LogP contribution >= 0.6 is 0 Å². The maximum Gasteiger partial charge on any atom is 0.191 e. The van der Waals surface area contributed by atoms with Gasteiger partial charge in [-0.25, -0.2) is 0 Å². The Labute approximate surface area is 159 Å². The molecule has 2 atom stereocenters. The van der Waals surface area contributed by atoms with E-state index in [4.69, 9.17) is 0 Å². The van der Waals surface area contributed by atoms with Gasteiger partial charge in [0.25, 0.3) is 0 Å². The van der Waals surface area contributed by atoms with Crippen LogP contribution in [0.5, 0.6) is 0 Å². The molecule has 0 aliphatic carbocycles. The van der Waals surface area contributed by atoms with Gasteiger partial charge in [0.15, 0.2) is 11.6 Å². The number of rotatable bonds is 5. The third kappa shape index (κ3) is 2.42. The molecule has 3 nitrogen and oxygen atoms in total. The minimum Gasteiger partial charge on any atom is -0.341 e. The van der Waals surface area contributed by atoms with E-state index in [1.54, 1.807) is 0 Å². The second kappa shape index (κ2) is 6.20. The lowest BCUT2D eigenvalue weighted by atomic mass is 9.83. The van der Waals surface area contributed by atoms with E-state index >= 15 is 0 Å². The minimum absolute atomic E-state index is 0.0428. The second-order valence-electron chi connectivity index (χ2n) is 7.21. The first kappa shape index (κ1) is 17.2. The maximum absolute atomic E-state index is 13.5. The first-order chi connectivity index (χ1) is 13.0. The van der Waals surface area contributed by atoms with Crippen molar-refractivity contribution < 1.29 is 9.59 Å². The number of hydrogen-bond acceptors (Lipinski definition) is 3. The SMILES string of the molecule is C[C@]1(C(=O)c2ccccc2)N(c2ccccc2)[C@@]1(C)C(=O)c1ccccc1. The number of Topliss-reactive ketones (excluding diaryl/α,β-unsaturated/α-hetero) is 2. The molecular formula is C24H21NO2. The molecule has 0 radical (unpaired) electrons. The van der Waals surface area contributed by atoms with Crippen molar-refractivity contribution in [3.63, 3.8) is 0 Å². The van der Waals surface area contributed by atoms with Crippen molar-refractivity contribution in [2.75, 3.05) is 4.90 Å². The van der Waals surface area contributed by atoms with Gasteiger partial charge in [-0.3, -0.25) is 9.59 Å². The van der Waals surface area contributed by atoms with Crippen molar-refractivity contribution >= 4 is 17.3 Å². The van der Waals surface area contributed by atoms with E-state index in [1.165, 1.54) is 0 Å². The topological polar surface area (TPSA) is 37.1 Å². The number of benzene rings is 3. The second-order valence-corrected chi connectivity index (χ2v) is 7.21. The predicted molar refractivity (Wildman–Crippen MR) is 107 cm³/mol. The average molecular weight is 355 g/mol. The van der Waals surface area contributed by atoms with E-state index < -0.39 is 11.1 Å². The van der Waals surface area contributed by atoms with E-state index in [0.29, 0.717) is 11.1 Å². The predicted octanol–water partition coefficient (Wildman–Crippen LogP) is 4.79. The molecule has 0 saturated carbocycles. The highest BCUT2D eigenvalue weighted by atomic mass is 16.2. The molecule has 4 rings (SSSR count). The Morgan fingerprint density at radius 2 is 0.926 bits per heavy atom. The van der Waals surface area contributed by atoms with Gasteiger partial charge in [-0.2, -0.15) is 0 Å². The monoisotopic (exact) mass is 355 g/mol. The summed E-state index contributed by atoms with van der Waals surface area (Å²) in [5.41, 5.74) is 0.220. The molecule has 0 spiro atoms. The summed E-state index contributed by atoms with van der Waals surface area (Å²) < 4.78 is 0. The largest absolute Gasteiger partial charge is 0.341 e. The number of ketones is 2. The van der Waals surface area contributed by atoms with Crippen LogP contribution in [0.4, 0.5) is 5.69 Å². The van der Waals surface area contributed by atoms with Gasteiger partial charge in [-0.15, -0.1) is 0 Å². The third-order valence-electron chi connectivity index (χ3n) is 5.76. The fraction of sp³-hybridized carbons (Fsp3) is 0.167. The van der Waals surface area contributed by atoms with Gasteiger partial charge in [0.2, 0.25) is 0 Å². The summed E-state index contributed by atoms with van der Waals surface area (Å²) in [6.45, 7) is 3.74. The fourth-order valence-corrected chi connectivity index (χ4v) is 4.09. The van der Waals surface area contributed by atoms with Crippen molar-refractivity contribution in [3.05, 3.63) is 102 Å². The Kier molecular flexibility index (Phi) is 3.96. The molecule has 1 heterocycles. The molecule has 1 fully saturated rings. The highest BCUT2D eigenvalue weighted by Crippen LogP contribution is 2.57. The highest BCUT2D eigenvalue weighted by molar-refractivity contribution is 6.22. The van der Waals surface area contributed by atoms with Crippen molar-refractivity contribution in [2.45, 2.75) is 24.9 Å².